The number of rotatable bonds is 3. The molecule has 2 rings (SSSR count). The molecule has 0 amide bonds. The van der Waals surface area contributed by atoms with Crippen LogP contribution in [0.5, 0.6) is 0 Å². The minimum absolute atomic E-state index is 0.0391. The number of hydrogen-bond acceptors (Lipinski definition) is 5. The lowest BCUT2D eigenvalue weighted by molar-refractivity contribution is 0.318. The second-order valence-electron chi connectivity index (χ2n) is 3.40. The average Bonchev–Trinajstić information content (AvgIpc) is 2.74. The topological polar surface area (TPSA) is 100 Å². The molecule has 1 aromatic carbocycles. The van der Waals surface area contributed by atoms with Gasteiger partial charge in [0, 0.05) is 14.9 Å². The number of hydrogen-bond donors (Lipinski definition) is 3. The van der Waals surface area contributed by atoms with Crippen LogP contribution in [0.15, 0.2) is 37.9 Å². The van der Waals surface area contributed by atoms with Crippen molar-refractivity contribution in [2.45, 2.75) is 17.0 Å². The number of nitrogens with two attached hydrogens (primary N) is 1. The summed E-state index contributed by atoms with van der Waals surface area (Å²) in [6.07, 6.45) is 0. The van der Waals surface area contributed by atoms with Gasteiger partial charge < -0.3 is 10.9 Å². The van der Waals surface area contributed by atoms with Crippen LogP contribution >= 0.6 is 27.7 Å². The molecule has 1 heterocycles. The Morgan fingerprint density at radius 3 is 2.94 bits per heavy atom. The van der Waals surface area contributed by atoms with Crippen LogP contribution in [0.25, 0.3) is 0 Å². The molecule has 0 fully saturated rings. The van der Waals surface area contributed by atoms with Gasteiger partial charge in [-0.25, -0.2) is 4.98 Å². The number of benzene rings is 1. The maximum absolute atomic E-state index is 8.80. The summed E-state index contributed by atoms with van der Waals surface area (Å²) in [5.74, 6) is 0.773. The molecular weight excluding hydrogens is 318 g/mol. The average molecular weight is 328 g/mol. The zero-order valence-corrected chi connectivity index (χ0v) is 11.8. The molecule has 0 saturated carbocycles. The highest BCUT2D eigenvalue weighted by Crippen LogP contribution is 2.32. The number of nitrogens with zero attached hydrogens (tertiary/aromatic N) is 3. The maximum atomic E-state index is 8.80. The third-order valence-corrected chi connectivity index (χ3v) is 3.70. The highest BCUT2D eigenvalue weighted by Gasteiger charge is 2.14. The predicted molar refractivity (Wildman–Crippen MR) is 71.9 cm³/mol. The molecule has 0 bridgehead atoms. The first kappa shape index (κ1) is 12.9. The Morgan fingerprint density at radius 1 is 1.56 bits per heavy atom. The van der Waals surface area contributed by atoms with Gasteiger partial charge >= 0.3 is 0 Å². The lowest BCUT2D eigenvalue weighted by Gasteiger charge is -2.07. The number of amidine groups is 1. The van der Waals surface area contributed by atoms with E-state index in [1.165, 1.54) is 11.8 Å². The van der Waals surface area contributed by atoms with Crippen molar-refractivity contribution in [3.8, 4) is 0 Å². The third kappa shape index (κ3) is 2.65. The lowest BCUT2D eigenvalue weighted by atomic mass is 10.2. The third-order valence-electron chi connectivity index (χ3n) is 2.12. The number of aryl methyl sites for hydroxylation is 1. The van der Waals surface area contributed by atoms with Gasteiger partial charge in [0.15, 0.2) is 5.84 Å². The number of nitrogens with one attached hydrogen (secondary N) is 1. The molecule has 6 nitrogen and oxygen atoms in total. The summed E-state index contributed by atoms with van der Waals surface area (Å²) >= 11 is 4.71. The number of aromatic nitrogens is 3. The summed E-state index contributed by atoms with van der Waals surface area (Å²) in [6, 6.07) is 5.54. The summed E-state index contributed by atoms with van der Waals surface area (Å²) in [7, 11) is 0. The van der Waals surface area contributed by atoms with Crippen molar-refractivity contribution < 1.29 is 5.21 Å². The largest absolute Gasteiger partial charge is 0.409 e. The number of aromatic amines is 1. The van der Waals surface area contributed by atoms with Crippen LogP contribution in [0.1, 0.15) is 11.4 Å². The second-order valence-corrected chi connectivity index (χ2v) is 5.27. The zero-order chi connectivity index (χ0) is 13.1. The maximum Gasteiger partial charge on any atom is 0.213 e. The molecule has 4 N–H and O–H groups in total. The van der Waals surface area contributed by atoms with E-state index in [0.29, 0.717) is 10.7 Å². The van der Waals surface area contributed by atoms with Crippen molar-refractivity contribution in [2.24, 2.45) is 10.9 Å². The predicted octanol–water partition coefficient (Wildman–Crippen LogP) is 2.12. The number of halogens is 1. The standard InChI is InChI=1S/C10H10BrN5OS/c1-5-13-10(15-14-5)18-7-4-2-3-6(11)8(7)9(12)16-17/h2-4,17H,1H3,(H2,12,16)(H,13,14,15). The van der Waals surface area contributed by atoms with Gasteiger partial charge in [-0.05, 0) is 46.7 Å². The van der Waals surface area contributed by atoms with E-state index in [0.717, 1.165) is 15.2 Å². The summed E-state index contributed by atoms with van der Waals surface area (Å²) in [4.78, 5) is 5.00. The number of oxime groups is 1. The van der Waals surface area contributed by atoms with E-state index < -0.39 is 0 Å². The van der Waals surface area contributed by atoms with Crippen molar-refractivity contribution in [1.29, 1.82) is 0 Å². The molecule has 0 unspecified atom stereocenters. The molecule has 0 atom stereocenters. The minimum atomic E-state index is 0.0391. The summed E-state index contributed by atoms with van der Waals surface area (Å²) in [5, 5.41) is 19.2. The van der Waals surface area contributed by atoms with Crippen LogP contribution in [0.4, 0.5) is 0 Å². The van der Waals surface area contributed by atoms with Crippen LogP contribution in [-0.2, 0) is 0 Å². The van der Waals surface area contributed by atoms with E-state index in [2.05, 4.69) is 36.3 Å². The molecule has 8 heteroatoms. The first-order valence-electron chi connectivity index (χ1n) is 4.95. The Balaban J connectivity index is 2.41. The van der Waals surface area contributed by atoms with E-state index in [1.807, 2.05) is 25.1 Å². The van der Waals surface area contributed by atoms with Gasteiger partial charge in [-0.1, -0.05) is 11.2 Å². The highest BCUT2D eigenvalue weighted by molar-refractivity contribution is 9.10. The smallest absolute Gasteiger partial charge is 0.213 e. The summed E-state index contributed by atoms with van der Waals surface area (Å²) in [5.41, 5.74) is 6.28. The first-order chi connectivity index (χ1) is 8.61. The molecule has 18 heavy (non-hydrogen) atoms. The van der Waals surface area contributed by atoms with Crippen molar-refractivity contribution in [3.05, 3.63) is 34.1 Å². The first-order valence-corrected chi connectivity index (χ1v) is 6.56. The minimum Gasteiger partial charge on any atom is -0.409 e. The SMILES string of the molecule is Cc1nc(Sc2cccc(Br)c2/C(N)=N/O)n[nH]1. The van der Waals surface area contributed by atoms with Gasteiger partial charge in [0.1, 0.15) is 5.82 Å². The number of H-pyrrole nitrogens is 1. The van der Waals surface area contributed by atoms with Gasteiger partial charge in [-0.2, -0.15) is 0 Å². The van der Waals surface area contributed by atoms with Gasteiger partial charge in [0.05, 0.1) is 0 Å². The fourth-order valence-corrected chi connectivity index (χ4v) is 2.99. The van der Waals surface area contributed by atoms with Crippen molar-refractivity contribution >= 4 is 33.5 Å². The Morgan fingerprint density at radius 2 is 2.33 bits per heavy atom. The Kier molecular flexibility index (Phi) is 3.87. The Labute approximate surface area is 116 Å². The van der Waals surface area contributed by atoms with Crippen LogP contribution in [0.2, 0.25) is 0 Å². The molecule has 0 aliphatic carbocycles. The fraction of sp³-hybridized carbons (Fsp3) is 0.100. The van der Waals surface area contributed by atoms with E-state index in [9.17, 15) is 0 Å². The summed E-state index contributed by atoms with van der Waals surface area (Å²) in [6.45, 7) is 1.82. The van der Waals surface area contributed by atoms with Crippen LogP contribution in [0, 0.1) is 6.92 Å². The highest BCUT2D eigenvalue weighted by atomic mass is 79.9. The quantitative estimate of drug-likeness (QED) is 0.347. The normalized spacial score (nSPS) is 11.8. The molecule has 94 valence electrons. The van der Waals surface area contributed by atoms with Gasteiger partial charge in [-0.3, -0.25) is 5.10 Å². The molecular formula is C10H10BrN5OS. The van der Waals surface area contributed by atoms with Crippen molar-refractivity contribution in [2.75, 3.05) is 0 Å². The van der Waals surface area contributed by atoms with Crippen LogP contribution in [-0.4, -0.2) is 26.2 Å². The summed E-state index contributed by atoms with van der Waals surface area (Å²) < 4.78 is 0.745. The lowest BCUT2D eigenvalue weighted by Crippen LogP contribution is -2.15. The van der Waals surface area contributed by atoms with E-state index in [4.69, 9.17) is 10.9 Å². The van der Waals surface area contributed by atoms with E-state index >= 15 is 0 Å². The Hall–Kier alpha value is -1.54. The monoisotopic (exact) mass is 327 g/mol. The molecule has 0 radical (unpaired) electrons. The fourth-order valence-electron chi connectivity index (χ4n) is 1.35. The Bertz CT molecular complexity index is 598. The second kappa shape index (κ2) is 5.40. The zero-order valence-electron chi connectivity index (χ0n) is 9.38. The van der Waals surface area contributed by atoms with E-state index in [1.54, 1.807) is 0 Å². The molecule has 0 spiro atoms. The van der Waals surface area contributed by atoms with E-state index in [-0.39, 0.29) is 5.84 Å². The van der Waals surface area contributed by atoms with Gasteiger partial charge in [0.2, 0.25) is 5.16 Å². The van der Waals surface area contributed by atoms with Crippen LogP contribution in [0.3, 0.4) is 0 Å². The van der Waals surface area contributed by atoms with Crippen molar-refractivity contribution in [3.63, 3.8) is 0 Å². The van der Waals surface area contributed by atoms with Crippen molar-refractivity contribution in [1.82, 2.24) is 15.2 Å². The molecule has 1 aromatic heterocycles. The molecule has 0 saturated heterocycles. The van der Waals surface area contributed by atoms with Gasteiger partial charge in [0.25, 0.3) is 0 Å². The molecule has 2 aromatic rings. The molecule has 0 aliphatic heterocycles. The molecule has 0 aliphatic rings. The van der Waals surface area contributed by atoms with Crippen LogP contribution < -0.4 is 5.73 Å². The van der Waals surface area contributed by atoms with Gasteiger partial charge in [-0.15, -0.1) is 5.10 Å².